The van der Waals surface area contributed by atoms with E-state index < -0.39 is 17.3 Å². The summed E-state index contributed by atoms with van der Waals surface area (Å²) in [6.07, 6.45) is 0.842. The number of hydrogen-bond donors (Lipinski definition) is 2. The molecular formula is C18H26N2O4. The van der Waals surface area contributed by atoms with Crippen molar-refractivity contribution in [2.24, 2.45) is 11.3 Å². The first kappa shape index (κ1) is 19.7. The van der Waals surface area contributed by atoms with Crippen molar-refractivity contribution >= 4 is 23.5 Å². The first-order valence-electron chi connectivity index (χ1n) is 7.97. The third-order valence-electron chi connectivity index (χ3n) is 3.72. The van der Waals surface area contributed by atoms with E-state index in [1.165, 1.54) is 7.11 Å². The molecular weight excluding hydrogens is 308 g/mol. The van der Waals surface area contributed by atoms with E-state index in [2.05, 4.69) is 24.5 Å². The molecule has 0 saturated carbocycles. The van der Waals surface area contributed by atoms with Gasteiger partial charge in [-0.15, -0.1) is 0 Å². The number of ether oxygens (including phenoxy) is 1. The van der Waals surface area contributed by atoms with E-state index in [-0.39, 0.29) is 11.5 Å². The van der Waals surface area contributed by atoms with Crippen molar-refractivity contribution in [3.8, 4) is 0 Å². The maximum atomic E-state index is 12.5. The van der Waals surface area contributed by atoms with Crippen LogP contribution in [0.15, 0.2) is 24.3 Å². The standard InChI is InChI=1S/C18H26N2O4/c1-12(2)10-11-19-16(22)18(3,4)17(23)20-14-9-7-6-8-13(14)15(21)24-5/h6-9,12H,10-11H2,1-5H3,(H,19,22)(H,20,23). The van der Waals surface area contributed by atoms with Gasteiger partial charge in [0.1, 0.15) is 5.41 Å². The molecule has 0 heterocycles. The van der Waals surface area contributed by atoms with Gasteiger partial charge in [-0.3, -0.25) is 9.59 Å². The third kappa shape index (κ3) is 5.08. The molecule has 0 unspecified atom stereocenters. The molecule has 1 rings (SSSR count). The summed E-state index contributed by atoms with van der Waals surface area (Å²) >= 11 is 0. The predicted molar refractivity (Wildman–Crippen MR) is 92.7 cm³/mol. The van der Waals surface area contributed by atoms with E-state index in [1.807, 2.05) is 0 Å². The molecule has 0 aliphatic heterocycles. The lowest BCUT2D eigenvalue weighted by Crippen LogP contribution is -2.45. The highest BCUT2D eigenvalue weighted by atomic mass is 16.5. The van der Waals surface area contributed by atoms with Gasteiger partial charge in [0.15, 0.2) is 0 Å². The monoisotopic (exact) mass is 334 g/mol. The number of nitrogens with one attached hydrogen (secondary N) is 2. The van der Waals surface area contributed by atoms with Crippen molar-refractivity contribution in [3.05, 3.63) is 29.8 Å². The van der Waals surface area contributed by atoms with Gasteiger partial charge in [-0.1, -0.05) is 26.0 Å². The molecule has 2 amide bonds. The minimum absolute atomic E-state index is 0.240. The molecule has 0 spiro atoms. The number of carbonyl (C=O) groups is 3. The maximum absolute atomic E-state index is 12.5. The molecule has 2 N–H and O–H groups in total. The summed E-state index contributed by atoms with van der Waals surface area (Å²) in [6.45, 7) is 7.75. The second kappa shape index (κ2) is 8.47. The maximum Gasteiger partial charge on any atom is 0.339 e. The molecule has 132 valence electrons. The lowest BCUT2D eigenvalue weighted by Gasteiger charge is -2.23. The van der Waals surface area contributed by atoms with Crippen molar-refractivity contribution < 1.29 is 19.1 Å². The van der Waals surface area contributed by atoms with Gasteiger partial charge < -0.3 is 15.4 Å². The molecule has 24 heavy (non-hydrogen) atoms. The van der Waals surface area contributed by atoms with E-state index in [9.17, 15) is 14.4 Å². The van der Waals surface area contributed by atoms with Crippen LogP contribution >= 0.6 is 0 Å². The second-order valence-corrected chi connectivity index (χ2v) is 6.55. The van der Waals surface area contributed by atoms with E-state index in [0.29, 0.717) is 18.2 Å². The Morgan fingerprint density at radius 3 is 2.33 bits per heavy atom. The Kier molecular flexibility index (Phi) is 6.95. The van der Waals surface area contributed by atoms with Gasteiger partial charge in [0.05, 0.1) is 18.4 Å². The van der Waals surface area contributed by atoms with Gasteiger partial charge in [-0.2, -0.15) is 0 Å². The number of methoxy groups -OCH3 is 1. The molecule has 0 aromatic heterocycles. The molecule has 6 nitrogen and oxygen atoms in total. The lowest BCUT2D eigenvalue weighted by molar-refractivity contribution is -0.138. The average Bonchev–Trinajstić information content (AvgIpc) is 2.54. The van der Waals surface area contributed by atoms with Crippen LogP contribution in [0, 0.1) is 11.3 Å². The summed E-state index contributed by atoms with van der Waals surface area (Å²) in [4.78, 5) is 36.6. The highest BCUT2D eigenvalue weighted by molar-refractivity contribution is 6.11. The van der Waals surface area contributed by atoms with Gasteiger partial charge in [0.25, 0.3) is 0 Å². The predicted octanol–water partition coefficient (Wildman–Crippen LogP) is 2.60. The van der Waals surface area contributed by atoms with Gasteiger partial charge >= 0.3 is 5.97 Å². The number of benzene rings is 1. The Balaban J connectivity index is 2.83. The number of para-hydroxylation sites is 1. The normalized spacial score (nSPS) is 11.1. The van der Waals surface area contributed by atoms with Crippen LogP contribution in [0.5, 0.6) is 0 Å². The van der Waals surface area contributed by atoms with E-state index in [0.717, 1.165) is 6.42 Å². The van der Waals surface area contributed by atoms with Crippen molar-refractivity contribution in [2.45, 2.75) is 34.1 Å². The van der Waals surface area contributed by atoms with Crippen molar-refractivity contribution in [3.63, 3.8) is 0 Å². The van der Waals surface area contributed by atoms with Crippen molar-refractivity contribution in [2.75, 3.05) is 19.0 Å². The SMILES string of the molecule is COC(=O)c1ccccc1NC(=O)C(C)(C)C(=O)NCCC(C)C. The Morgan fingerprint density at radius 2 is 1.75 bits per heavy atom. The number of anilines is 1. The molecule has 0 atom stereocenters. The summed E-state index contributed by atoms with van der Waals surface area (Å²) in [5.74, 6) is -0.920. The number of esters is 1. The van der Waals surface area contributed by atoms with Crippen molar-refractivity contribution in [1.29, 1.82) is 0 Å². The summed E-state index contributed by atoms with van der Waals surface area (Å²) in [6, 6.07) is 6.51. The zero-order valence-electron chi connectivity index (χ0n) is 14.9. The van der Waals surface area contributed by atoms with E-state index in [4.69, 9.17) is 4.74 Å². The minimum Gasteiger partial charge on any atom is -0.465 e. The first-order valence-corrected chi connectivity index (χ1v) is 7.97. The molecule has 6 heteroatoms. The van der Waals surface area contributed by atoms with Crippen LogP contribution in [-0.2, 0) is 14.3 Å². The molecule has 0 radical (unpaired) electrons. The third-order valence-corrected chi connectivity index (χ3v) is 3.72. The van der Waals surface area contributed by atoms with E-state index >= 15 is 0 Å². The average molecular weight is 334 g/mol. The van der Waals surface area contributed by atoms with Crippen LogP contribution in [-0.4, -0.2) is 31.4 Å². The first-order chi connectivity index (χ1) is 11.2. The second-order valence-electron chi connectivity index (χ2n) is 6.55. The zero-order chi connectivity index (χ0) is 18.3. The number of carbonyl (C=O) groups excluding carboxylic acids is 3. The zero-order valence-corrected chi connectivity index (χ0v) is 14.9. The number of hydrogen-bond acceptors (Lipinski definition) is 4. The topological polar surface area (TPSA) is 84.5 Å². The fraction of sp³-hybridized carbons (Fsp3) is 0.500. The van der Waals surface area contributed by atoms with Crippen molar-refractivity contribution in [1.82, 2.24) is 5.32 Å². The summed E-state index contributed by atoms with van der Waals surface area (Å²) < 4.78 is 4.70. The molecule has 0 aliphatic carbocycles. The molecule has 0 bridgehead atoms. The minimum atomic E-state index is -1.26. The Morgan fingerprint density at radius 1 is 1.12 bits per heavy atom. The molecule has 0 fully saturated rings. The fourth-order valence-electron chi connectivity index (χ4n) is 1.96. The van der Waals surface area contributed by atoms with Crippen LogP contribution in [0.4, 0.5) is 5.69 Å². The Hall–Kier alpha value is -2.37. The molecule has 0 aliphatic rings. The quantitative estimate of drug-likeness (QED) is 0.593. The van der Waals surface area contributed by atoms with Gasteiger partial charge in [-0.25, -0.2) is 4.79 Å². The Labute approximate surface area is 143 Å². The van der Waals surface area contributed by atoms with Gasteiger partial charge in [-0.05, 0) is 38.3 Å². The van der Waals surface area contributed by atoms with Crippen LogP contribution in [0.1, 0.15) is 44.5 Å². The Bertz CT molecular complexity index is 609. The van der Waals surface area contributed by atoms with Crippen LogP contribution < -0.4 is 10.6 Å². The van der Waals surface area contributed by atoms with Crippen LogP contribution in [0.3, 0.4) is 0 Å². The number of amides is 2. The van der Waals surface area contributed by atoms with E-state index in [1.54, 1.807) is 38.1 Å². The molecule has 0 saturated heterocycles. The highest BCUT2D eigenvalue weighted by Crippen LogP contribution is 2.22. The highest BCUT2D eigenvalue weighted by Gasteiger charge is 2.36. The smallest absolute Gasteiger partial charge is 0.339 e. The van der Waals surface area contributed by atoms with Crippen LogP contribution in [0.2, 0.25) is 0 Å². The molecule has 1 aromatic rings. The summed E-state index contributed by atoms with van der Waals surface area (Å²) in [5, 5.41) is 5.42. The lowest BCUT2D eigenvalue weighted by atomic mass is 9.90. The number of rotatable bonds is 7. The van der Waals surface area contributed by atoms with Gasteiger partial charge in [0, 0.05) is 6.54 Å². The summed E-state index contributed by atoms with van der Waals surface area (Å²) in [7, 11) is 1.27. The summed E-state index contributed by atoms with van der Waals surface area (Å²) in [5.41, 5.74) is -0.706. The fourth-order valence-corrected chi connectivity index (χ4v) is 1.96. The van der Waals surface area contributed by atoms with Crippen LogP contribution in [0.25, 0.3) is 0 Å². The molecule has 1 aromatic carbocycles. The van der Waals surface area contributed by atoms with Gasteiger partial charge in [0.2, 0.25) is 11.8 Å². The largest absolute Gasteiger partial charge is 0.465 e.